The van der Waals surface area contributed by atoms with E-state index < -0.39 is 5.41 Å². The Hall–Kier alpha value is -2.29. The van der Waals surface area contributed by atoms with Gasteiger partial charge in [0.15, 0.2) is 0 Å². The molecule has 0 spiro atoms. The number of benzene rings is 2. The van der Waals surface area contributed by atoms with Crippen molar-refractivity contribution in [2.24, 2.45) is 0 Å². The highest BCUT2D eigenvalue weighted by Gasteiger charge is 2.28. The monoisotopic (exact) mass is 283 g/mol. The molecule has 0 radical (unpaired) electrons. The van der Waals surface area contributed by atoms with E-state index in [4.69, 9.17) is 4.74 Å². The molecule has 3 heteroatoms. The maximum absolute atomic E-state index is 12.3. The Bertz CT molecular complexity index is 564. The number of carbonyl (C=O) groups is 1. The van der Waals surface area contributed by atoms with E-state index in [-0.39, 0.29) is 5.91 Å². The maximum Gasteiger partial charge on any atom is 0.230 e. The van der Waals surface area contributed by atoms with Crippen molar-refractivity contribution < 1.29 is 9.53 Å². The molecule has 0 atom stereocenters. The van der Waals surface area contributed by atoms with Crippen LogP contribution in [0.1, 0.15) is 19.4 Å². The Morgan fingerprint density at radius 2 is 1.57 bits per heavy atom. The van der Waals surface area contributed by atoms with Crippen molar-refractivity contribution in [3.63, 3.8) is 0 Å². The number of para-hydroxylation sites is 1. The predicted molar refractivity (Wildman–Crippen MR) is 84.4 cm³/mol. The molecule has 0 aliphatic heterocycles. The molecule has 0 bridgehead atoms. The fraction of sp³-hybridized carbons (Fsp3) is 0.278. The van der Waals surface area contributed by atoms with Gasteiger partial charge in [-0.05, 0) is 31.5 Å². The van der Waals surface area contributed by atoms with Crippen LogP contribution >= 0.6 is 0 Å². The smallest absolute Gasteiger partial charge is 0.230 e. The second-order valence-electron chi connectivity index (χ2n) is 5.41. The molecule has 3 nitrogen and oxygen atoms in total. The van der Waals surface area contributed by atoms with E-state index >= 15 is 0 Å². The van der Waals surface area contributed by atoms with E-state index in [2.05, 4.69) is 5.32 Å². The standard InChI is InChI=1S/C18H21NO2/c1-18(2,15-9-5-3-6-10-15)17(20)19-13-14-21-16-11-7-4-8-12-16/h3-12H,13-14H2,1-2H3,(H,19,20). The number of hydrogen-bond acceptors (Lipinski definition) is 2. The lowest BCUT2D eigenvalue weighted by Crippen LogP contribution is -2.41. The molecule has 0 heterocycles. The Balaban J connectivity index is 1.82. The van der Waals surface area contributed by atoms with Gasteiger partial charge in [-0.2, -0.15) is 0 Å². The third-order valence-electron chi connectivity index (χ3n) is 3.46. The van der Waals surface area contributed by atoms with Crippen LogP contribution in [0.25, 0.3) is 0 Å². The van der Waals surface area contributed by atoms with Crippen molar-refractivity contribution in [2.75, 3.05) is 13.2 Å². The quantitative estimate of drug-likeness (QED) is 0.827. The van der Waals surface area contributed by atoms with E-state index in [0.717, 1.165) is 11.3 Å². The van der Waals surface area contributed by atoms with Crippen LogP contribution in [-0.2, 0) is 10.2 Å². The van der Waals surface area contributed by atoms with Crippen LogP contribution in [0.2, 0.25) is 0 Å². The van der Waals surface area contributed by atoms with Gasteiger partial charge >= 0.3 is 0 Å². The number of nitrogens with one attached hydrogen (secondary N) is 1. The molecule has 2 aromatic carbocycles. The summed E-state index contributed by atoms with van der Waals surface area (Å²) in [6, 6.07) is 19.4. The summed E-state index contributed by atoms with van der Waals surface area (Å²) >= 11 is 0. The minimum absolute atomic E-state index is 0.00496. The SMILES string of the molecule is CC(C)(C(=O)NCCOc1ccccc1)c1ccccc1. The molecule has 110 valence electrons. The molecule has 2 aromatic rings. The average molecular weight is 283 g/mol. The Morgan fingerprint density at radius 1 is 1.00 bits per heavy atom. The summed E-state index contributed by atoms with van der Waals surface area (Å²) in [6.45, 7) is 4.80. The second-order valence-corrected chi connectivity index (χ2v) is 5.41. The van der Waals surface area contributed by atoms with Gasteiger partial charge in [-0.25, -0.2) is 0 Å². The number of carbonyl (C=O) groups excluding carboxylic acids is 1. The molecule has 0 unspecified atom stereocenters. The Labute approximate surface area is 126 Å². The van der Waals surface area contributed by atoms with Gasteiger partial charge < -0.3 is 10.1 Å². The molecule has 0 aliphatic rings. The lowest BCUT2D eigenvalue weighted by Gasteiger charge is -2.24. The lowest BCUT2D eigenvalue weighted by molar-refractivity contribution is -0.125. The van der Waals surface area contributed by atoms with E-state index in [0.29, 0.717) is 13.2 Å². The van der Waals surface area contributed by atoms with Crippen LogP contribution in [0.4, 0.5) is 0 Å². The summed E-state index contributed by atoms with van der Waals surface area (Å²) in [6.07, 6.45) is 0. The van der Waals surface area contributed by atoms with E-state index in [1.807, 2.05) is 74.5 Å². The summed E-state index contributed by atoms with van der Waals surface area (Å²) in [7, 11) is 0. The second kappa shape index (κ2) is 6.93. The molecule has 0 aromatic heterocycles. The summed E-state index contributed by atoms with van der Waals surface area (Å²) in [5.74, 6) is 0.819. The highest BCUT2D eigenvalue weighted by atomic mass is 16.5. The van der Waals surface area contributed by atoms with Crippen LogP contribution in [0.5, 0.6) is 5.75 Å². The zero-order valence-corrected chi connectivity index (χ0v) is 12.5. The van der Waals surface area contributed by atoms with Gasteiger partial charge in [-0.3, -0.25) is 4.79 Å². The molecule has 2 rings (SSSR count). The van der Waals surface area contributed by atoms with Crippen molar-refractivity contribution in [2.45, 2.75) is 19.3 Å². The Kier molecular flexibility index (Phi) is 4.99. The zero-order valence-electron chi connectivity index (χ0n) is 12.5. The first-order valence-electron chi connectivity index (χ1n) is 7.12. The fourth-order valence-corrected chi connectivity index (χ4v) is 2.06. The van der Waals surface area contributed by atoms with Gasteiger partial charge in [0.1, 0.15) is 12.4 Å². The number of ether oxygens (including phenoxy) is 1. The summed E-state index contributed by atoms with van der Waals surface area (Å²) in [5.41, 5.74) is 0.458. The minimum atomic E-state index is -0.548. The van der Waals surface area contributed by atoms with Gasteiger partial charge in [0.25, 0.3) is 0 Å². The van der Waals surface area contributed by atoms with Crippen molar-refractivity contribution in [3.05, 3.63) is 66.2 Å². The highest BCUT2D eigenvalue weighted by molar-refractivity contribution is 5.87. The fourth-order valence-electron chi connectivity index (χ4n) is 2.06. The van der Waals surface area contributed by atoms with E-state index in [9.17, 15) is 4.79 Å². The number of rotatable bonds is 6. The van der Waals surface area contributed by atoms with Crippen LogP contribution < -0.4 is 10.1 Å². The zero-order chi connectivity index (χ0) is 15.1. The first-order chi connectivity index (χ1) is 10.1. The molecule has 0 fully saturated rings. The molecule has 0 aliphatic carbocycles. The van der Waals surface area contributed by atoms with Crippen LogP contribution in [0.3, 0.4) is 0 Å². The molecule has 0 saturated heterocycles. The van der Waals surface area contributed by atoms with Crippen LogP contribution in [0, 0.1) is 0 Å². The van der Waals surface area contributed by atoms with Gasteiger partial charge in [-0.15, -0.1) is 0 Å². The summed E-state index contributed by atoms with van der Waals surface area (Å²) in [5, 5.41) is 2.93. The van der Waals surface area contributed by atoms with Crippen molar-refractivity contribution in [1.82, 2.24) is 5.32 Å². The largest absolute Gasteiger partial charge is 0.492 e. The first kappa shape index (κ1) is 15.1. The van der Waals surface area contributed by atoms with Crippen LogP contribution in [0.15, 0.2) is 60.7 Å². The lowest BCUT2D eigenvalue weighted by atomic mass is 9.84. The van der Waals surface area contributed by atoms with Crippen LogP contribution in [-0.4, -0.2) is 19.1 Å². The van der Waals surface area contributed by atoms with Crippen molar-refractivity contribution in [3.8, 4) is 5.75 Å². The first-order valence-corrected chi connectivity index (χ1v) is 7.12. The van der Waals surface area contributed by atoms with Gasteiger partial charge in [0.2, 0.25) is 5.91 Å². The Morgan fingerprint density at radius 3 is 2.19 bits per heavy atom. The topological polar surface area (TPSA) is 38.3 Å². The van der Waals surface area contributed by atoms with Gasteiger partial charge in [0.05, 0.1) is 12.0 Å². The molecular formula is C18H21NO2. The molecule has 1 N–H and O–H groups in total. The summed E-state index contributed by atoms with van der Waals surface area (Å²) in [4.78, 5) is 12.3. The molecule has 1 amide bonds. The third kappa shape index (κ3) is 4.09. The molecule has 0 saturated carbocycles. The maximum atomic E-state index is 12.3. The normalized spacial score (nSPS) is 11.0. The van der Waals surface area contributed by atoms with Crippen molar-refractivity contribution in [1.29, 1.82) is 0 Å². The predicted octanol–water partition coefficient (Wildman–Crippen LogP) is 3.16. The average Bonchev–Trinajstić information content (AvgIpc) is 2.53. The molecule has 21 heavy (non-hydrogen) atoms. The van der Waals surface area contributed by atoms with Gasteiger partial charge in [-0.1, -0.05) is 48.5 Å². The number of hydrogen-bond donors (Lipinski definition) is 1. The number of amides is 1. The third-order valence-corrected chi connectivity index (χ3v) is 3.46. The van der Waals surface area contributed by atoms with Gasteiger partial charge in [0, 0.05) is 0 Å². The molecular weight excluding hydrogens is 262 g/mol. The van der Waals surface area contributed by atoms with E-state index in [1.54, 1.807) is 0 Å². The van der Waals surface area contributed by atoms with Crippen molar-refractivity contribution >= 4 is 5.91 Å². The minimum Gasteiger partial charge on any atom is -0.492 e. The highest BCUT2D eigenvalue weighted by Crippen LogP contribution is 2.22. The van der Waals surface area contributed by atoms with E-state index in [1.165, 1.54) is 0 Å². The summed E-state index contributed by atoms with van der Waals surface area (Å²) < 4.78 is 5.56.